The lowest BCUT2D eigenvalue weighted by Gasteiger charge is -2.32. The lowest BCUT2D eigenvalue weighted by Crippen LogP contribution is -2.36. The molecule has 1 saturated heterocycles. The first-order valence-electron chi connectivity index (χ1n) is 8.10. The van der Waals surface area contributed by atoms with Crippen molar-refractivity contribution in [2.45, 2.75) is 25.4 Å². The number of carbonyl (C=O) groups is 1. The molecular formula is C17H21FN4O2. The lowest BCUT2D eigenvalue weighted by molar-refractivity contribution is -0.121. The summed E-state index contributed by atoms with van der Waals surface area (Å²) >= 11 is 0. The Labute approximate surface area is 140 Å². The Morgan fingerprint density at radius 2 is 2.33 bits per heavy atom. The highest BCUT2D eigenvalue weighted by molar-refractivity contribution is 5.78. The zero-order chi connectivity index (χ0) is 16.9. The highest BCUT2D eigenvalue weighted by Gasteiger charge is 2.29. The molecule has 2 aromatic rings. The van der Waals surface area contributed by atoms with Gasteiger partial charge in [-0.05, 0) is 31.0 Å². The van der Waals surface area contributed by atoms with Gasteiger partial charge in [0, 0.05) is 38.5 Å². The first kappa shape index (κ1) is 16.6. The third-order valence-electron chi connectivity index (χ3n) is 4.32. The summed E-state index contributed by atoms with van der Waals surface area (Å²) in [5.74, 6) is -0.518. The van der Waals surface area contributed by atoms with Crippen LogP contribution in [0.4, 0.5) is 4.39 Å². The normalized spacial score (nSPS) is 20.8. The predicted octanol–water partition coefficient (Wildman–Crippen LogP) is 1.78. The van der Waals surface area contributed by atoms with Crippen molar-refractivity contribution < 1.29 is 13.9 Å². The van der Waals surface area contributed by atoms with Crippen LogP contribution in [0.5, 0.6) is 0 Å². The van der Waals surface area contributed by atoms with E-state index in [9.17, 15) is 9.18 Å². The fourth-order valence-electron chi connectivity index (χ4n) is 3.05. The topological polar surface area (TPSA) is 69.0 Å². The molecule has 0 saturated carbocycles. The maximum Gasteiger partial charge on any atom is 0.226 e. The number of amides is 1. The van der Waals surface area contributed by atoms with Gasteiger partial charge in [-0.15, -0.1) is 0 Å². The van der Waals surface area contributed by atoms with E-state index in [2.05, 4.69) is 15.4 Å². The van der Waals surface area contributed by atoms with Gasteiger partial charge in [-0.1, -0.05) is 0 Å². The van der Waals surface area contributed by atoms with E-state index in [0.29, 0.717) is 13.2 Å². The molecule has 1 aliphatic rings. The van der Waals surface area contributed by atoms with Gasteiger partial charge in [-0.25, -0.2) is 4.39 Å². The highest BCUT2D eigenvalue weighted by atomic mass is 19.1. The summed E-state index contributed by atoms with van der Waals surface area (Å²) < 4.78 is 21.3. The van der Waals surface area contributed by atoms with E-state index < -0.39 is 5.82 Å². The molecule has 3 rings (SSSR count). The zero-order valence-corrected chi connectivity index (χ0v) is 13.6. The van der Waals surface area contributed by atoms with Crippen LogP contribution in [-0.2, 0) is 23.0 Å². The number of hydrogen-bond acceptors (Lipinski definition) is 4. The number of nitrogens with zero attached hydrogens (tertiary/aromatic N) is 3. The van der Waals surface area contributed by atoms with Gasteiger partial charge in [-0.3, -0.25) is 14.5 Å². The quantitative estimate of drug-likeness (QED) is 0.906. The van der Waals surface area contributed by atoms with Crippen molar-refractivity contribution in [1.82, 2.24) is 20.1 Å². The summed E-state index contributed by atoms with van der Waals surface area (Å²) in [4.78, 5) is 16.0. The minimum Gasteiger partial charge on any atom is -0.372 e. The highest BCUT2D eigenvalue weighted by Crippen LogP contribution is 2.32. The van der Waals surface area contributed by atoms with Gasteiger partial charge in [0.1, 0.15) is 11.9 Å². The Hall–Kier alpha value is -2.28. The van der Waals surface area contributed by atoms with Crippen LogP contribution in [0.1, 0.15) is 30.3 Å². The second kappa shape index (κ2) is 7.53. The summed E-state index contributed by atoms with van der Waals surface area (Å²) in [6.45, 7) is 1.20. The first-order valence-corrected chi connectivity index (χ1v) is 8.10. The number of pyridine rings is 1. The second-order valence-electron chi connectivity index (χ2n) is 5.99. The maximum atomic E-state index is 13.6. The second-order valence-corrected chi connectivity index (χ2v) is 5.99. The molecule has 1 fully saturated rings. The van der Waals surface area contributed by atoms with E-state index in [4.69, 9.17) is 4.74 Å². The van der Waals surface area contributed by atoms with Gasteiger partial charge in [0.05, 0.1) is 17.8 Å². The molecular weight excluding hydrogens is 311 g/mol. The number of ether oxygens (including phenoxy) is 1. The van der Waals surface area contributed by atoms with E-state index in [0.717, 1.165) is 18.5 Å². The van der Waals surface area contributed by atoms with Crippen molar-refractivity contribution in [3.63, 3.8) is 0 Å². The molecule has 6 nitrogen and oxygen atoms in total. The van der Waals surface area contributed by atoms with Crippen molar-refractivity contribution in [1.29, 1.82) is 0 Å². The number of aryl methyl sites for hydroxylation is 1. The summed E-state index contributed by atoms with van der Waals surface area (Å²) in [5, 5.41) is 7.07. The number of carbonyl (C=O) groups excluding carboxylic acids is 1. The molecule has 0 aromatic carbocycles. The van der Waals surface area contributed by atoms with Gasteiger partial charge >= 0.3 is 0 Å². The minimum atomic E-state index is -0.457. The Balaban J connectivity index is 1.59. The Morgan fingerprint density at radius 3 is 3.08 bits per heavy atom. The molecule has 1 aliphatic heterocycles. The van der Waals surface area contributed by atoms with E-state index in [1.54, 1.807) is 10.9 Å². The average molecular weight is 332 g/mol. The van der Waals surface area contributed by atoms with E-state index in [1.165, 1.54) is 18.3 Å². The predicted molar refractivity (Wildman–Crippen MR) is 85.5 cm³/mol. The minimum absolute atomic E-state index is 0.0589. The van der Waals surface area contributed by atoms with E-state index in [-0.39, 0.29) is 30.0 Å². The monoisotopic (exact) mass is 332 g/mol. The SMILES string of the molecule is Cn1nccc1[C@@H]1OCCC[C@H]1CNC(=O)Cc1ncccc1F. The van der Waals surface area contributed by atoms with Gasteiger partial charge in [0.2, 0.25) is 5.91 Å². The van der Waals surface area contributed by atoms with Gasteiger partial charge < -0.3 is 10.1 Å². The molecule has 0 radical (unpaired) electrons. The van der Waals surface area contributed by atoms with Crippen LogP contribution in [0.2, 0.25) is 0 Å². The molecule has 0 unspecified atom stereocenters. The van der Waals surface area contributed by atoms with Crippen LogP contribution >= 0.6 is 0 Å². The first-order chi connectivity index (χ1) is 11.6. The molecule has 2 aromatic heterocycles. The molecule has 0 aliphatic carbocycles. The van der Waals surface area contributed by atoms with Crippen LogP contribution in [0.3, 0.4) is 0 Å². The van der Waals surface area contributed by atoms with Crippen LogP contribution in [0.15, 0.2) is 30.6 Å². The van der Waals surface area contributed by atoms with Gasteiger partial charge in [0.15, 0.2) is 0 Å². The number of aromatic nitrogens is 3. The fraction of sp³-hybridized carbons (Fsp3) is 0.471. The fourth-order valence-corrected chi connectivity index (χ4v) is 3.05. The van der Waals surface area contributed by atoms with Crippen molar-refractivity contribution in [2.24, 2.45) is 13.0 Å². The number of nitrogens with one attached hydrogen (secondary N) is 1. The molecule has 0 spiro atoms. The molecule has 1 N–H and O–H groups in total. The zero-order valence-electron chi connectivity index (χ0n) is 13.6. The van der Waals surface area contributed by atoms with Gasteiger partial charge in [0.25, 0.3) is 0 Å². The molecule has 0 bridgehead atoms. The van der Waals surface area contributed by atoms with Crippen LogP contribution in [0.25, 0.3) is 0 Å². The number of hydrogen-bond donors (Lipinski definition) is 1. The molecule has 2 atom stereocenters. The van der Waals surface area contributed by atoms with Crippen molar-refractivity contribution >= 4 is 5.91 Å². The van der Waals surface area contributed by atoms with E-state index >= 15 is 0 Å². The van der Waals surface area contributed by atoms with E-state index in [1.807, 2.05) is 13.1 Å². The smallest absolute Gasteiger partial charge is 0.226 e. The van der Waals surface area contributed by atoms with Gasteiger partial charge in [-0.2, -0.15) is 5.10 Å². The molecule has 3 heterocycles. The standard InChI is InChI=1S/C17H21FN4O2/c1-22-15(6-8-21-22)17-12(4-3-9-24-17)11-20-16(23)10-14-13(18)5-2-7-19-14/h2,5-8,12,17H,3-4,9-11H2,1H3,(H,20,23)/t12-,17+/m0/s1. The number of rotatable bonds is 5. The van der Waals surface area contributed by atoms with Crippen molar-refractivity contribution in [3.8, 4) is 0 Å². The summed E-state index contributed by atoms with van der Waals surface area (Å²) in [7, 11) is 1.88. The van der Waals surface area contributed by atoms with Crippen LogP contribution in [-0.4, -0.2) is 33.8 Å². The summed E-state index contributed by atoms with van der Waals surface area (Å²) in [6.07, 6.45) is 5.01. The average Bonchev–Trinajstić information content (AvgIpc) is 3.01. The Morgan fingerprint density at radius 1 is 1.46 bits per heavy atom. The molecule has 7 heteroatoms. The Bertz CT molecular complexity index is 703. The third kappa shape index (κ3) is 3.79. The summed E-state index contributed by atoms with van der Waals surface area (Å²) in [6, 6.07) is 4.76. The largest absolute Gasteiger partial charge is 0.372 e. The molecule has 1 amide bonds. The molecule has 128 valence electrons. The van der Waals surface area contributed by atoms with Crippen LogP contribution < -0.4 is 5.32 Å². The number of halogens is 1. The van der Waals surface area contributed by atoms with Crippen molar-refractivity contribution in [2.75, 3.05) is 13.2 Å². The maximum absolute atomic E-state index is 13.6. The molecule has 24 heavy (non-hydrogen) atoms. The Kier molecular flexibility index (Phi) is 5.20. The lowest BCUT2D eigenvalue weighted by atomic mass is 9.92. The summed E-state index contributed by atoms with van der Waals surface area (Å²) in [5.41, 5.74) is 1.17. The van der Waals surface area contributed by atoms with Crippen LogP contribution in [0, 0.1) is 11.7 Å². The third-order valence-corrected chi connectivity index (χ3v) is 4.32. The van der Waals surface area contributed by atoms with Crippen molar-refractivity contribution in [3.05, 3.63) is 47.8 Å².